The number of aliphatic hydroxyl groups excluding tert-OH is 1. The largest absolute Gasteiger partial charge is 0.478 e. The zero-order valence-electron chi connectivity index (χ0n) is 16.7. The molecule has 13 heteroatoms. The second-order valence-electron chi connectivity index (χ2n) is 6.16. The molecule has 0 bridgehead atoms. The number of carboxylic acids is 1. The fourth-order valence-corrected chi connectivity index (χ4v) is 2.84. The van der Waals surface area contributed by atoms with Crippen LogP contribution in [0.2, 0.25) is 0 Å². The maximum Gasteiger partial charge on any atom is 0.335 e. The second-order valence-corrected chi connectivity index (χ2v) is 8.26. The number of benzene rings is 1. The van der Waals surface area contributed by atoms with E-state index in [1.807, 2.05) is 0 Å². The summed E-state index contributed by atoms with van der Waals surface area (Å²) < 4.78 is 25.6. The summed E-state index contributed by atoms with van der Waals surface area (Å²) in [6, 6.07) is 6.06. The van der Waals surface area contributed by atoms with Gasteiger partial charge in [-0.1, -0.05) is 0 Å². The Labute approximate surface area is 174 Å². The number of aromatic carboxylic acids is 1. The first-order valence-corrected chi connectivity index (χ1v) is 10.8. The molecule has 2 aromatic rings. The van der Waals surface area contributed by atoms with Crippen LogP contribution in [0.1, 0.15) is 17.3 Å². The van der Waals surface area contributed by atoms with Crippen molar-refractivity contribution in [3.8, 4) is 0 Å². The van der Waals surface area contributed by atoms with Crippen LogP contribution >= 0.6 is 0 Å². The van der Waals surface area contributed by atoms with Gasteiger partial charge in [0.2, 0.25) is 27.9 Å². The number of aromatic nitrogens is 3. The number of likely N-dealkylation sites (N-methyl/N-ethyl adjacent to an activating group) is 1. The van der Waals surface area contributed by atoms with Crippen LogP contribution in [0.3, 0.4) is 0 Å². The van der Waals surface area contributed by atoms with E-state index in [4.69, 9.17) is 10.2 Å². The Balaban J connectivity index is 2.17. The van der Waals surface area contributed by atoms with E-state index in [9.17, 15) is 13.2 Å². The summed E-state index contributed by atoms with van der Waals surface area (Å²) >= 11 is 0. The Morgan fingerprint density at radius 2 is 1.77 bits per heavy atom. The lowest BCUT2D eigenvalue weighted by Crippen LogP contribution is -2.34. The lowest BCUT2D eigenvalue weighted by atomic mass is 10.2. The molecule has 164 valence electrons. The van der Waals surface area contributed by atoms with E-state index in [1.54, 1.807) is 31.0 Å². The molecule has 0 aliphatic rings. The van der Waals surface area contributed by atoms with Gasteiger partial charge in [0.25, 0.3) is 0 Å². The third-order valence-electron chi connectivity index (χ3n) is 3.90. The summed E-state index contributed by atoms with van der Waals surface area (Å²) in [4.78, 5) is 25.5. The average Bonchev–Trinajstić information content (AvgIpc) is 2.72. The highest BCUT2D eigenvalue weighted by Gasteiger charge is 2.13. The normalized spacial score (nSPS) is 11.2. The number of nitrogens with one attached hydrogen (secondary N) is 3. The maximum atomic E-state index is 11.6. The maximum absolute atomic E-state index is 11.6. The number of aliphatic hydroxyl groups is 1. The summed E-state index contributed by atoms with van der Waals surface area (Å²) in [5.41, 5.74) is 0.722. The van der Waals surface area contributed by atoms with E-state index < -0.39 is 16.0 Å². The van der Waals surface area contributed by atoms with Gasteiger partial charge in [0.15, 0.2) is 0 Å². The molecule has 0 saturated heterocycles. The standard InChI is InChI=1S/C17H25N7O5S/c1-3-30(28,29)19-8-10-24(2)17-22-15(18-9-11-25)21-16(23-17)20-13-6-4-12(5-7-13)14(26)27/h4-7,19,25H,3,8-11H2,1-2H3,(H,26,27)(H2,18,20,21,22,23). The van der Waals surface area contributed by atoms with Crippen LogP contribution in [-0.2, 0) is 10.0 Å². The lowest BCUT2D eigenvalue weighted by Gasteiger charge is -2.19. The predicted octanol–water partition coefficient (Wildman–Crippen LogP) is 0.0931. The van der Waals surface area contributed by atoms with Crippen molar-refractivity contribution in [2.75, 3.05) is 54.6 Å². The quantitative estimate of drug-likeness (QED) is 0.304. The van der Waals surface area contributed by atoms with Crippen LogP contribution in [0.4, 0.5) is 23.5 Å². The smallest absolute Gasteiger partial charge is 0.335 e. The third kappa shape index (κ3) is 7.09. The Morgan fingerprint density at radius 3 is 2.37 bits per heavy atom. The summed E-state index contributed by atoms with van der Waals surface area (Å²) in [6.45, 7) is 2.16. The molecule has 0 aliphatic heterocycles. The van der Waals surface area contributed by atoms with Crippen LogP contribution < -0.4 is 20.3 Å². The van der Waals surface area contributed by atoms with E-state index >= 15 is 0 Å². The van der Waals surface area contributed by atoms with Gasteiger partial charge in [0, 0.05) is 32.4 Å². The fraction of sp³-hybridized carbons (Fsp3) is 0.412. The van der Waals surface area contributed by atoms with Crippen molar-refractivity contribution in [1.82, 2.24) is 19.7 Å². The van der Waals surface area contributed by atoms with Crippen LogP contribution in [0, 0.1) is 0 Å². The SMILES string of the molecule is CCS(=O)(=O)NCCN(C)c1nc(NCCO)nc(Nc2ccc(C(=O)O)cc2)n1. The van der Waals surface area contributed by atoms with Gasteiger partial charge in [-0.2, -0.15) is 15.0 Å². The first-order valence-electron chi connectivity index (χ1n) is 9.13. The number of carboxylic acid groups (broad SMARTS) is 1. The molecule has 0 spiro atoms. The summed E-state index contributed by atoms with van der Waals surface area (Å²) in [5.74, 6) is -0.332. The van der Waals surface area contributed by atoms with Crippen LogP contribution in [0.5, 0.6) is 0 Å². The molecule has 2 rings (SSSR count). The van der Waals surface area contributed by atoms with Crippen molar-refractivity contribution in [3.05, 3.63) is 29.8 Å². The molecule has 1 aromatic carbocycles. The molecule has 0 unspecified atom stereocenters. The minimum Gasteiger partial charge on any atom is -0.478 e. The summed E-state index contributed by atoms with van der Waals surface area (Å²) in [6.07, 6.45) is 0. The molecule has 12 nitrogen and oxygen atoms in total. The van der Waals surface area contributed by atoms with Gasteiger partial charge in [-0.15, -0.1) is 0 Å². The van der Waals surface area contributed by atoms with Crippen molar-refractivity contribution in [2.45, 2.75) is 6.92 Å². The van der Waals surface area contributed by atoms with Crippen molar-refractivity contribution in [2.24, 2.45) is 0 Å². The third-order valence-corrected chi connectivity index (χ3v) is 5.30. The highest BCUT2D eigenvalue weighted by atomic mass is 32.2. The molecule has 1 heterocycles. The van der Waals surface area contributed by atoms with E-state index in [-0.39, 0.29) is 48.9 Å². The number of rotatable bonds is 12. The van der Waals surface area contributed by atoms with Crippen LogP contribution in [-0.4, -0.2) is 78.6 Å². The van der Waals surface area contributed by atoms with Crippen LogP contribution in [0.25, 0.3) is 0 Å². The Bertz CT molecular complexity index is 953. The summed E-state index contributed by atoms with van der Waals surface area (Å²) in [5, 5.41) is 23.8. The molecule has 0 saturated carbocycles. The van der Waals surface area contributed by atoms with Crippen molar-refractivity contribution >= 4 is 39.5 Å². The molecule has 0 atom stereocenters. The van der Waals surface area contributed by atoms with Gasteiger partial charge in [0.1, 0.15) is 0 Å². The lowest BCUT2D eigenvalue weighted by molar-refractivity contribution is 0.0697. The van der Waals surface area contributed by atoms with E-state index in [2.05, 4.69) is 30.3 Å². The van der Waals surface area contributed by atoms with E-state index in [1.165, 1.54) is 12.1 Å². The second kappa shape index (κ2) is 10.7. The predicted molar refractivity (Wildman–Crippen MR) is 113 cm³/mol. The van der Waals surface area contributed by atoms with E-state index in [0.29, 0.717) is 12.2 Å². The number of hydrogen-bond donors (Lipinski definition) is 5. The Kier molecular flexibility index (Phi) is 8.26. The van der Waals surface area contributed by atoms with Gasteiger partial charge in [-0.3, -0.25) is 0 Å². The van der Waals surface area contributed by atoms with Crippen LogP contribution in [0.15, 0.2) is 24.3 Å². The number of carbonyl (C=O) groups is 1. The number of sulfonamides is 1. The zero-order chi connectivity index (χ0) is 22.1. The summed E-state index contributed by atoms with van der Waals surface area (Å²) in [7, 11) is -1.59. The molecule has 0 fully saturated rings. The van der Waals surface area contributed by atoms with Gasteiger partial charge in [-0.05, 0) is 31.2 Å². The van der Waals surface area contributed by atoms with Gasteiger partial charge in [0.05, 0.1) is 17.9 Å². The number of hydrogen-bond acceptors (Lipinski definition) is 10. The average molecular weight is 439 g/mol. The minimum atomic E-state index is -3.30. The highest BCUT2D eigenvalue weighted by molar-refractivity contribution is 7.89. The topological polar surface area (TPSA) is 170 Å². The number of anilines is 4. The molecular formula is C17H25N7O5S. The minimum absolute atomic E-state index is 0.00750. The molecular weight excluding hydrogens is 414 g/mol. The molecule has 5 N–H and O–H groups in total. The fourth-order valence-electron chi connectivity index (χ4n) is 2.23. The molecule has 0 aliphatic carbocycles. The Hall–Kier alpha value is -3.03. The molecule has 0 radical (unpaired) electrons. The zero-order valence-corrected chi connectivity index (χ0v) is 17.5. The monoisotopic (exact) mass is 439 g/mol. The molecule has 0 amide bonds. The Morgan fingerprint density at radius 1 is 1.10 bits per heavy atom. The van der Waals surface area contributed by atoms with Crippen molar-refractivity contribution in [1.29, 1.82) is 0 Å². The first kappa shape index (κ1) is 23.3. The van der Waals surface area contributed by atoms with Gasteiger partial charge >= 0.3 is 5.97 Å². The molecule has 30 heavy (non-hydrogen) atoms. The van der Waals surface area contributed by atoms with Crippen molar-refractivity contribution < 1.29 is 23.4 Å². The van der Waals surface area contributed by atoms with Gasteiger partial charge < -0.3 is 25.7 Å². The molecule has 1 aromatic heterocycles. The highest BCUT2D eigenvalue weighted by Crippen LogP contribution is 2.18. The number of nitrogens with zero attached hydrogens (tertiary/aromatic N) is 4. The van der Waals surface area contributed by atoms with Crippen molar-refractivity contribution in [3.63, 3.8) is 0 Å². The van der Waals surface area contributed by atoms with Gasteiger partial charge in [-0.25, -0.2) is 17.9 Å². The first-order chi connectivity index (χ1) is 14.2. The van der Waals surface area contributed by atoms with E-state index in [0.717, 1.165) is 0 Å².